The molecule has 0 aliphatic rings. The molecule has 1 amide bonds. The number of rotatable bonds is 6. The molecular formula is C16H16ClN3O4. The molecule has 0 fully saturated rings. The molecule has 0 atom stereocenters. The van der Waals surface area contributed by atoms with E-state index < -0.39 is 4.92 Å². The number of carbonyl (C=O) groups excluding carboxylic acids is 1. The molecule has 2 aromatic carbocycles. The van der Waals surface area contributed by atoms with Crippen molar-refractivity contribution < 1.29 is 14.5 Å². The second kappa shape index (κ2) is 7.65. The molecule has 0 unspecified atom stereocenters. The third-order valence-corrected chi connectivity index (χ3v) is 3.37. The number of carbonyl (C=O) groups is 1. The van der Waals surface area contributed by atoms with E-state index in [9.17, 15) is 14.9 Å². The summed E-state index contributed by atoms with van der Waals surface area (Å²) in [7, 11) is 3.71. The van der Waals surface area contributed by atoms with E-state index in [2.05, 4.69) is 5.32 Å². The highest BCUT2D eigenvalue weighted by Gasteiger charge is 2.11. The number of nitro benzene ring substituents is 1. The van der Waals surface area contributed by atoms with Gasteiger partial charge in [0.25, 0.3) is 11.6 Å². The molecular weight excluding hydrogens is 334 g/mol. The van der Waals surface area contributed by atoms with Crippen LogP contribution in [-0.2, 0) is 4.79 Å². The molecule has 126 valence electrons. The van der Waals surface area contributed by atoms with Crippen molar-refractivity contribution >= 4 is 34.6 Å². The minimum atomic E-state index is -0.502. The fourth-order valence-electron chi connectivity index (χ4n) is 2.00. The summed E-state index contributed by atoms with van der Waals surface area (Å²) in [6.45, 7) is -0.225. The average Bonchev–Trinajstić information content (AvgIpc) is 2.53. The van der Waals surface area contributed by atoms with Crippen molar-refractivity contribution in [3.05, 3.63) is 57.6 Å². The van der Waals surface area contributed by atoms with E-state index in [1.807, 2.05) is 19.0 Å². The standard InChI is InChI=1S/C16H16ClN3O4/c1-19(2)15-8-3-11(17)9-14(15)18-16(21)10-24-13-6-4-12(5-7-13)20(22)23/h3-9H,10H2,1-2H3,(H,18,21). The van der Waals surface area contributed by atoms with Crippen LogP contribution in [0, 0.1) is 10.1 Å². The van der Waals surface area contributed by atoms with Crippen LogP contribution in [0.5, 0.6) is 5.75 Å². The van der Waals surface area contributed by atoms with Crippen molar-refractivity contribution in [1.82, 2.24) is 0 Å². The van der Waals surface area contributed by atoms with E-state index in [-0.39, 0.29) is 18.2 Å². The number of nitrogens with zero attached hydrogens (tertiary/aromatic N) is 2. The summed E-state index contributed by atoms with van der Waals surface area (Å²) in [4.78, 5) is 24.0. The summed E-state index contributed by atoms with van der Waals surface area (Å²) in [5.74, 6) is 0.00777. The van der Waals surface area contributed by atoms with Crippen LogP contribution < -0.4 is 15.0 Å². The van der Waals surface area contributed by atoms with Crippen LogP contribution in [0.2, 0.25) is 5.02 Å². The van der Waals surface area contributed by atoms with E-state index in [0.29, 0.717) is 16.5 Å². The molecule has 0 saturated heterocycles. The van der Waals surface area contributed by atoms with Crippen LogP contribution in [0.3, 0.4) is 0 Å². The first-order chi connectivity index (χ1) is 11.4. The summed E-state index contributed by atoms with van der Waals surface area (Å²) < 4.78 is 5.32. The summed E-state index contributed by atoms with van der Waals surface area (Å²) in [5, 5.41) is 13.8. The lowest BCUT2D eigenvalue weighted by Crippen LogP contribution is -2.22. The zero-order valence-corrected chi connectivity index (χ0v) is 13.9. The summed E-state index contributed by atoms with van der Waals surface area (Å²) in [5.41, 5.74) is 1.34. The molecule has 0 spiro atoms. The second-order valence-electron chi connectivity index (χ2n) is 5.14. The molecule has 1 N–H and O–H groups in total. The molecule has 8 heteroatoms. The number of nitro groups is 1. The van der Waals surface area contributed by atoms with Gasteiger partial charge in [0.2, 0.25) is 0 Å². The lowest BCUT2D eigenvalue weighted by Gasteiger charge is -2.18. The van der Waals surface area contributed by atoms with Crippen molar-refractivity contribution in [1.29, 1.82) is 0 Å². The Bertz CT molecular complexity index is 747. The van der Waals surface area contributed by atoms with E-state index >= 15 is 0 Å². The Morgan fingerprint density at radius 1 is 1.25 bits per heavy atom. The van der Waals surface area contributed by atoms with Crippen LogP contribution in [0.1, 0.15) is 0 Å². The average molecular weight is 350 g/mol. The normalized spacial score (nSPS) is 10.1. The monoisotopic (exact) mass is 349 g/mol. The Hall–Kier alpha value is -2.80. The van der Waals surface area contributed by atoms with Gasteiger partial charge in [-0.25, -0.2) is 0 Å². The summed E-state index contributed by atoms with van der Waals surface area (Å²) in [6, 6.07) is 10.7. The van der Waals surface area contributed by atoms with E-state index in [1.165, 1.54) is 24.3 Å². The van der Waals surface area contributed by atoms with Crippen molar-refractivity contribution in [2.24, 2.45) is 0 Å². The number of halogens is 1. The molecule has 0 saturated carbocycles. The molecule has 0 radical (unpaired) electrons. The number of amides is 1. The minimum Gasteiger partial charge on any atom is -0.484 e. The quantitative estimate of drug-likeness (QED) is 0.638. The van der Waals surface area contributed by atoms with Crippen molar-refractivity contribution in [3.63, 3.8) is 0 Å². The Labute approximate surface area is 143 Å². The Kier molecular flexibility index (Phi) is 5.59. The first-order valence-corrected chi connectivity index (χ1v) is 7.38. The molecule has 0 aliphatic heterocycles. The molecule has 0 bridgehead atoms. The third-order valence-electron chi connectivity index (χ3n) is 3.13. The Morgan fingerprint density at radius 3 is 2.50 bits per heavy atom. The largest absolute Gasteiger partial charge is 0.484 e. The maximum Gasteiger partial charge on any atom is 0.269 e. The number of hydrogen-bond acceptors (Lipinski definition) is 5. The number of non-ortho nitro benzene ring substituents is 1. The van der Waals surface area contributed by atoms with Gasteiger partial charge in [-0.1, -0.05) is 11.6 Å². The first kappa shape index (κ1) is 17.6. The molecule has 24 heavy (non-hydrogen) atoms. The number of hydrogen-bond donors (Lipinski definition) is 1. The molecule has 0 aromatic heterocycles. The smallest absolute Gasteiger partial charge is 0.269 e. The zero-order valence-electron chi connectivity index (χ0n) is 13.2. The van der Waals surface area contributed by atoms with Gasteiger partial charge in [-0.3, -0.25) is 14.9 Å². The van der Waals surface area contributed by atoms with Gasteiger partial charge in [0, 0.05) is 31.3 Å². The van der Waals surface area contributed by atoms with Gasteiger partial charge in [0.15, 0.2) is 6.61 Å². The highest BCUT2D eigenvalue weighted by molar-refractivity contribution is 6.31. The van der Waals surface area contributed by atoms with Crippen LogP contribution in [-0.4, -0.2) is 31.5 Å². The predicted octanol–water partition coefficient (Wildman–Crippen LogP) is 3.33. The van der Waals surface area contributed by atoms with Gasteiger partial charge in [-0.05, 0) is 30.3 Å². The fourth-order valence-corrected chi connectivity index (χ4v) is 2.17. The molecule has 0 aliphatic carbocycles. The van der Waals surface area contributed by atoms with Gasteiger partial charge in [0.05, 0.1) is 16.3 Å². The van der Waals surface area contributed by atoms with E-state index in [4.69, 9.17) is 16.3 Å². The van der Waals surface area contributed by atoms with Crippen LogP contribution in [0.4, 0.5) is 17.1 Å². The fraction of sp³-hybridized carbons (Fsp3) is 0.188. The SMILES string of the molecule is CN(C)c1ccc(Cl)cc1NC(=O)COc1ccc([N+](=O)[O-])cc1. The number of ether oxygens (including phenoxy) is 1. The molecule has 0 heterocycles. The van der Waals surface area contributed by atoms with Gasteiger partial charge in [0.1, 0.15) is 5.75 Å². The number of benzene rings is 2. The first-order valence-electron chi connectivity index (χ1n) is 7.01. The minimum absolute atomic E-state index is 0.0404. The zero-order chi connectivity index (χ0) is 17.7. The topological polar surface area (TPSA) is 84.7 Å². The van der Waals surface area contributed by atoms with Gasteiger partial charge in [-0.15, -0.1) is 0 Å². The van der Waals surface area contributed by atoms with Crippen LogP contribution in [0.15, 0.2) is 42.5 Å². The predicted molar refractivity (Wildman–Crippen MR) is 93.0 cm³/mol. The van der Waals surface area contributed by atoms with Crippen molar-refractivity contribution in [2.45, 2.75) is 0 Å². The van der Waals surface area contributed by atoms with Crippen LogP contribution >= 0.6 is 11.6 Å². The highest BCUT2D eigenvalue weighted by Crippen LogP contribution is 2.27. The highest BCUT2D eigenvalue weighted by atomic mass is 35.5. The number of nitrogens with one attached hydrogen (secondary N) is 1. The molecule has 2 rings (SSSR count). The molecule has 7 nitrogen and oxygen atoms in total. The van der Waals surface area contributed by atoms with E-state index in [1.54, 1.807) is 18.2 Å². The lowest BCUT2D eigenvalue weighted by atomic mass is 10.2. The Morgan fingerprint density at radius 2 is 1.92 bits per heavy atom. The second-order valence-corrected chi connectivity index (χ2v) is 5.58. The maximum absolute atomic E-state index is 12.0. The van der Waals surface area contributed by atoms with Gasteiger partial charge >= 0.3 is 0 Å². The van der Waals surface area contributed by atoms with E-state index in [0.717, 1.165) is 5.69 Å². The summed E-state index contributed by atoms with van der Waals surface area (Å²) in [6.07, 6.45) is 0. The maximum atomic E-state index is 12.0. The van der Waals surface area contributed by atoms with Gasteiger partial charge < -0.3 is 15.0 Å². The Balaban J connectivity index is 1.98. The van der Waals surface area contributed by atoms with Crippen molar-refractivity contribution in [3.8, 4) is 5.75 Å². The van der Waals surface area contributed by atoms with Crippen molar-refractivity contribution in [2.75, 3.05) is 30.9 Å². The summed E-state index contributed by atoms with van der Waals surface area (Å²) >= 11 is 5.96. The lowest BCUT2D eigenvalue weighted by molar-refractivity contribution is -0.384. The number of anilines is 2. The van der Waals surface area contributed by atoms with Crippen LogP contribution in [0.25, 0.3) is 0 Å². The molecule has 2 aromatic rings. The third kappa shape index (κ3) is 4.60. The van der Waals surface area contributed by atoms with Gasteiger partial charge in [-0.2, -0.15) is 0 Å².